The van der Waals surface area contributed by atoms with E-state index in [2.05, 4.69) is 5.32 Å². The highest BCUT2D eigenvalue weighted by atomic mass is 35.5. The molecule has 226 valence electrons. The molecule has 0 fully saturated rings. The molecule has 0 bridgehead atoms. The van der Waals surface area contributed by atoms with E-state index in [-0.39, 0.29) is 43.8 Å². The molecule has 0 heterocycles. The summed E-state index contributed by atoms with van der Waals surface area (Å²) in [4.78, 5) is 29.2. The van der Waals surface area contributed by atoms with E-state index in [0.717, 1.165) is 23.8 Å². The summed E-state index contributed by atoms with van der Waals surface area (Å²) in [5, 5.41) is 3.58. The third-order valence-electron chi connectivity index (χ3n) is 7.02. The molecular weight excluding hydrogens is 574 g/mol. The number of methoxy groups -OCH3 is 1. The third kappa shape index (κ3) is 9.49. The van der Waals surface area contributed by atoms with Crippen LogP contribution in [-0.4, -0.2) is 57.1 Å². The van der Waals surface area contributed by atoms with Gasteiger partial charge in [-0.1, -0.05) is 73.1 Å². The number of benzene rings is 3. The van der Waals surface area contributed by atoms with E-state index in [1.165, 1.54) is 11.4 Å². The number of amides is 2. The lowest BCUT2D eigenvalue weighted by Crippen LogP contribution is -2.52. The van der Waals surface area contributed by atoms with E-state index in [0.29, 0.717) is 22.9 Å². The maximum Gasteiger partial charge on any atom is 0.243 e. The Balaban J connectivity index is 1.91. The first-order chi connectivity index (χ1) is 20.0. The second-order valence-electron chi connectivity index (χ2n) is 10.3. The van der Waals surface area contributed by atoms with Crippen molar-refractivity contribution in [3.05, 3.63) is 95.0 Å². The average molecular weight is 614 g/mol. The van der Waals surface area contributed by atoms with Gasteiger partial charge in [0.2, 0.25) is 21.8 Å². The van der Waals surface area contributed by atoms with E-state index in [4.69, 9.17) is 16.3 Å². The van der Waals surface area contributed by atoms with E-state index >= 15 is 0 Å². The van der Waals surface area contributed by atoms with Crippen molar-refractivity contribution >= 4 is 39.1 Å². The highest BCUT2D eigenvalue weighted by molar-refractivity contribution is 7.92. The third-order valence-corrected chi connectivity index (χ3v) is 8.44. The van der Waals surface area contributed by atoms with Crippen LogP contribution in [-0.2, 0) is 32.6 Å². The molecule has 3 aromatic carbocycles. The van der Waals surface area contributed by atoms with E-state index in [1.807, 2.05) is 56.3 Å². The van der Waals surface area contributed by atoms with Gasteiger partial charge in [0.05, 0.1) is 19.1 Å². The zero-order valence-corrected chi connectivity index (χ0v) is 26.2. The predicted octanol–water partition coefficient (Wildman–Crippen LogP) is 5.45. The summed E-state index contributed by atoms with van der Waals surface area (Å²) < 4.78 is 32.1. The van der Waals surface area contributed by atoms with Crippen molar-refractivity contribution in [2.75, 3.05) is 24.2 Å². The number of hydrogen-bond acceptors (Lipinski definition) is 5. The Hall–Kier alpha value is -3.56. The number of nitrogens with one attached hydrogen (secondary N) is 1. The van der Waals surface area contributed by atoms with Crippen LogP contribution in [0.1, 0.15) is 44.2 Å². The molecule has 0 saturated carbocycles. The Labute approximate surface area is 254 Å². The number of nitrogens with zero attached hydrogens (tertiary/aromatic N) is 2. The molecule has 0 unspecified atom stereocenters. The maximum atomic E-state index is 13.9. The minimum atomic E-state index is -3.66. The van der Waals surface area contributed by atoms with Gasteiger partial charge < -0.3 is 15.0 Å². The number of ether oxygens (including phenoxy) is 1. The SMILES string of the molecule is CC[C@@H](C)NC(=O)[C@H](Cc1ccccc1)N(Cc1cccc(Cl)c1)C(=O)CCCN(c1ccccc1OC)S(C)(=O)=O. The lowest BCUT2D eigenvalue weighted by molar-refractivity contribution is -0.141. The summed E-state index contributed by atoms with van der Waals surface area (Å²) in [6, 6.07) is 22.8. The van der Waals surface area contributed by atoms with Crippen molar-refractivity contribution in [1.82, 2.24) is 10.2 Å². The lowest BCUT2D eigenvalue weighted by atomic mass is 10.0. The summed E-state index contributed by atoms with van der Waals surface area (Å²) in [5.41, 5.74) is 2.11. The van der Waals surface area contributed by atoms with Gasteiger partial charge in [0.1, 0.15) is 11.8 Å². The first-order valence-electron chi connectivity index (χ1n) is 14.0. The van der Waals surface area contributed by atoms with Crippen molar-refractivity contribution in [2.24, 2.45) is 0 Å². The van der Waals surface area contributed by atoms with Crippen LogP contribution in [0.4, 0.5) is 5.69 Å². The smallest absolute Gasteiger partial charge is 0.243 e. The van der Waals surface area contributed by atoms with Gasteiger partial charge in [-0.15, -0.1) is 0 Å². The Morgan fingerprint density at radius 1 is 0.976 bits per heavy atom. The molecule has 2 atom stereocenters. The quantitative estimate of drug-likeness (QED) is 0.246. The maximum absolute atomic E-state index is 13.9. The number of para-hydroxylation sites is 2. The van der Waals surface area contributed by atoms with Crippen LogP contribution in [0, 0.1) is 0 Å². The summed E-state index contributed by atoms with van der Waals surface area (Å²) in [7, 11) is -2.18. The molecule has 8 nitrogen and oxygen atoms in total. The number of halogens is 1. The number of sulfonamides is 1. The van der Waals surface area contributed by atoms with Crippen molar-refractivity contribution in [3.8, 4) is 5.75 Å². The van der Waals surface area contributed by atoms with E-state index in [9.17, 15) is 18.0 Å². The topological polar surface area (TPSA) is 96.0 Å². The van der Waals surface area contributed by atoms with Crippen LogP contribution < -0.4 is 14.4 Å². The van der Waals surface area contributed by atoms with Gasteiger partial charge in [0, 0.05) is 37.0 Å². The molecule has 0 aliphatic heterocycles. The molecule has 3 rings (SSSR count). The number of carbonyl (C=O) groups excluding carboxylic acids is 2. The molecule has 1 N–H and O–H groups in total. The Kier molecular flexibility index (Phi) is 12.2. The summed E-state index contributed by atoms with van der Waals surface area (Å²) in [6.07, 6.45) is 2.47. The fourth-order valence-electron chi connectivity index (χ4n) is 4.65. The number of carbonyl (C=O) groups is 2. The van der Waals surface area contributed by atoms with Gasteiger partial charge in [-0.05, 0) is 55.2 Å². The van der Waals surface area contributed by atoms with Gasteiger partial charge in [-0.25, -0.2) is 8.42 Å². The fraction of sp³-hybridized carbons (Fsp3) is 0.375. The first-order valence-corrected chi connectivity index (χ1v) is 16.2. The molecule has 42 heavy (non-hydrogen) atoms. The molecule has 0 aliphatic carbocycles. The van der Waals surface area contributed by atoms with Gasteiger partial charge >= 0.3 is 0 Å². The second-order valence-corrected chi connectivity index (χ2v) is 12.6. The van der Waals surface area contributed by atoms with Crippen LogP contribution in [0.25, 0.3) is 0 Å². The summed E-state index contributed by atoms with van der Waals surface area (Å²) in [5.74, 6) is -0.0828. The van der Waals surface area contributed by atoms with Crippen molar-refractivity contribution in [1.29, 1.82) is 0 Å². The summed E-state index contributed by atoms with van der Waals surface area (Å²) >= 11 is 6.26. The molecule has 0 aliphatic rings. The Morgan fingerprint density at radius 2 is 1.64 bits per heavy atom. The van der Waals surface area contributed by atoms with Crippen molar-refractivity contribution < 1.29 is 22.7 Å². The van der Waals surface area contributed by atoms with Crippen LogP contribution in [0.5, 0.6) is 5.75 Å². The zero-order valence-electron chi connectivity index (χ0n) is 24.6. The zero-order chi connectivity index (χ0) is 30.7. The van der Waals surface area contributed by atoms with E-state index < -0.39 is 16.1 Å². The summed E-state index contributed by atoms with van der Waals surface area (Å²) in [6.45, 7) is 4.16. The molecule has 10 heteroatoms. The standard InChI is InChI=1S/C32H40ClN3O5S/c1-5-24(2)34-32(38)29(22-25-13-7-6-8-14-25)35(23-26-15-11-16-27(33)21-26)31(37)19-12-20-36(42(4,39)40)28-17-9-10-18-30(28)41-3/h6-11,13-18,21,24,29H,5,12,19-20,22-23H2,1-4H3,(H,34,38)/t24-,29+/m1/s1. The van der Waals surface area contributed by atoms with Gasteiger partial charge in [0.15, 0.2) is 0 Å². The van der Waals surface area contributed by atoms with Crippen molar-refractivity contribution in [2.45, 2.75) is 58.2 Å². The van der Waals surface area contributed by atoms with E-state index in [1.54, 1.807) is 41.3 Å². The minimum absolute atomic E-state index is 0.0314. The van der Waals surface area contributed by atoms with Crippen molar-refractivity contribution in [3.63, 3.8) is 0 Å². The van der Waals surface area contributed by atoms with Gasteiger partial charge in [0.25, 0.3) is 0 Å². The Bertz CT molecular complexity index is 1430. The normalized spacial score (nSPS) is 12.7. The molecule has 0 aromatic heterocycles. The molecular formula is C32H40ClN3O5S. The highest BCUT2D eigenvalue weighted by Crippen LogP contribution is 2.30. The van der Waals surface area contributed by atoms with Crippen LogP contribution in [0.15, 0.2) is 78.9 Å². The predicted molar refractivity (Wildman–Crippen MR) is 168 cm³/mol. The highest BCUT2D eigenvalue weighted by Gasteiger charge is 2.31. The van der Waals surface area contributed by atoms with Crippen LogP contribution >= 0.6 is 11.6 Å². The first kappa shape index (κ1) is 32.9. The second kappa shape index (κ2) is 15.6. The molecule has 0 radical (unpaired) electrons. The number of anilines is 1. The Morgan fingerprint density at radius 3 is 2.29 bits per heavy atom. The van der Waals surface area contributed by atoms with Gasteiger partial charge in [-0.2, -0.15) is 0 Å². The largest absolute Gasteiger partial charge is 0.495 e. The minimum Gasteiger partial charge on any atom is -0.495 e. The van der Waals surface area contributed by atoms with Crippen LogP contribution in [0.3, 0.4) is 0 Å². The molecule has 0 spiro atoms. The number of hydrogen-bond donors (Lipinski definition) is 1. The average Bonchev–Trinajstić information content (AvgIpc) is 2.96. The lowest BCUT2D eigenvalue weighted by Gasteiger charge is -2.33. The molecule has 0 saturated heterocycles. The monoisotopic (exact) mass is 613 g/mol. The fourth-order valence-corrected chi connectivity index (χ4v) is 5.83. The molecule has 2 amide bonds. The van der Waals surface area contributed by atoms with Crippen LogP contribution in [0.2, 0.25) is 5.02 Å². The molecule has 3 aromatic rings. The van der Waals surface area contributed by atoms with Gasteiger partial charge in [-0.3, -0.25) is 13.9 Å². The number of rotatable bonds is 15.